The number of carbonyl (C=O) groups is 1. The molecule has 0 aliphatic rings. The molecule has 0 saturated heterocycles. The summed E-state index contributed by atoms with van der Waals surface area (Å²) in [5.41, 5.74) is 1.18. The van der Waals surface area contributed by atoms with Crippen molar-refractivity contribution in [2.75, 3.05) is 13.2 Å². The lowest BCUT2D eigenvalue weighted by molar-refractivity contribution is 0.0935. The number of aliphatic hydroxyl groups is 1. The maximum atomic E-state index is 11.9. The van der Waals surface area contributed by atoms with E-state index in [9.17, 15) is 9.90 Å². The Morgan fingerprint density at radius 1 is 1.29 bits per heavy atom. The smallest absolute Gasteiger partial charge is 0.269 e. The average Bonchev–Trinajstić information content (AvgIpc) is 2.52. The fraction of sp³-hybridized carbons (Fsp3) is 0.267. The summed E-state index contributed by atoms with van der Waals surface area (Å²) in [5, 5.41) is 12.6. The molecule has 0 fully saturated rings. The first-order chi connectivity index (χ1) is 10.2. The Balaban J connectivity index is 1.88. The molecule has 110 valence electrons. The topological polar surface area (TPSA) is 75.1 Å². The van der Waals surface area contributed by atoms with Crippen LogP contribution in [0.4, 0.5) is 0 Å². The average molecular weight is 306 g/mol. The Kier molecular flexibility index (Phi) is 5.66. The lowest BCUT2D eigenvalue weighted by atomic mass is 10.0. The number of hydrogen-bond acceptors (Lipinski definition) is 4. The van der Waals surface area contributed by atoms with Crippen molar-refractivity contribution in [1.82, 2.24) is 15.3 Å². The highest BCUT2D eigenvalue weighted by atomic mass is 35.5. The molecule has 2 rings (SSSR count). The van der Waals surface area contributed by atoms with Gasteiger partial charge in [0, 0.05) is 37.2 Å². The van der Waals surface area contributed by atoms with Gasteiger partial charge in [0.15, 0.2) is 0 Å². The Morgan fingerprint density at radius 2 is 2.14 bits per heavy atom. The molecule has 0 aliphatic carbocycles. The monoisotopic (exact) mass is 305 g/mol. The van der Waals surface area contributed by atoms with E-state index in [4.69, 9.17) is 11.6 Å². The van der Waals surface area contributed by atoms with Crippen LogP contribution in [0.3, 0.4) is 0 Å². The Bertz CT molecular complexity index is 575. The number of pyridine rings is 2. The van der Waals surface area contributed by atoms with E-state index in [1.807, 2.05) is 18.2 Å². The summed E-state index contributed by atoms with van der Waals surface area (Å²) in [5.74, 6) is -0.373. The van der Waals surface area contributed by atoms with Gasteiger partial charge >= 0.3 is 0 Å². The molecule has 1 atom stereocenters. The van der Waals surface area contributed by atoms with Crippen molar-refractivity contribution in [2.45, 2.75) is 6.42 Å². The SMILES string of the molecule is O=C(NCC(CO)Cc1ccccn1)c1ccc(Cl)cn1. The lowest BCUT2D eigenvalue weighted by Gasteiger charge is -2.14. The first-order valence-corrected chi connectivity index (χ1v) is 6.97. The van der Waals surface area contributed by atoms with Gasteiger partial charge in [0.05, 0.1) is 5.02 Å². The Hall–Kier alpha value is -1.98. The third-order valence-electron chi connectivity index (χ3n) is 2.99. The van der Waals surface area contributed by atoms with Crippen LogP contribution in [-0.4, -0.2) is 34.1 Å². The molecule has 0 spiro atoms. The molecule has 2 N–H and O–H groups in total. The van der Waals surface area contributed by atoms with Gasteiger partial charge in [0.25, 0.3) is 5.91 Å². The van der Waals surface area contributed by atoms with Gasteiger partial charge in [0.2, 0.25) is 0 Å². The molecule has 5 nitrogen and oxygen atoms in total. The minimum Gasteiger partial charge on any atom is -0.396 e. The molecule has 0 aromatic carbocycles. The highest BCUT2D eigenvalue weighted by Crippen LogP contribution is 2.07. The maximum Gasteiger partial charge on any atom is 0.269 e. The summed E-state index contributed by atoms with van der Waals surface area (Å²) < 4.78 is 0. The number of amides is 1. The van der Waals surface area contributed by atoms with Crippen LogP contribution in [0.15, 0.2) is 42.7 Å². The molecule has 0 aliphatic heterocycles. The van der Waals surface area contributed by atoms with Gasteiger partial charge in [-0.3, -0.25) is 9.78 Å². The summed E-state index contributed by atoms with van der Waals surface area (Å²) in [4.78, 5) is 20.1. The number of carbonyl (C=O) groups excluding carboxylic acids is 1. The Morgan fingerprint density at radius 3 is 2.76 bits per heavy atom. The predicted molar refractivity (Wildman–Crippen MR) is 80.1 cm³/mol. The largest absolute Gasteiger partial charge is 0.396 e. The van der Waals surface area contributed by atoms with Crippen molar-refractivity contribution >= 4 is 17.5 Å². The van der Waals surface area contributed by atoms with E-state index in [0.29, 0.717) is 23.7 Å². The van der Waals surface area contributed by atoms with Gasteiger partial charge in [-0.05, 0) is 30.7 Å². The van der Waals surface area contributed by atoms with Gasteiger partial charge in [-0.15, -0.1) is 0 Å². The van der Waals surface area contributed by atoms with E-state index >= 15 is 0 Å². The number of aromatic nitrogens is 2. The summed E-state index contributed by atoms with van der Waals surface area (Å²) in [6, 6.07) is 8.80. The van der Waals surface area contributed by atoms with E-state index in [-0.39, 0.29) is 18.4 Å². The number of hydrogen-bond donors (Lipinski definition) is 2. The van der Waals surface area contributed by atoms with Crippen LogP contribution in [0.2, 0.25) is 5.02 Å². The highest BCUT2D eigenvalue weighted by molar-refractivity contribution is 6.30. The van der Waals surface area contributed by atoms with E-state index in [1.54, 1.807) is 18.3 Å². The van der Waals surface area contributed by atoms with Crippen molar-refractivity contribution in [3.8, 4) is 0 Å². The molecule has 2 heterocycles. The van der Waals surface area contributed by atoms with Gasteiger partial charge in [-0.25, -0.2) is 4.98 Å². The standard InChI is InChI=1S/C15H16ClN3O2/c16-12-4-5-14(18-9-12)15(21)19-8-11(10-20)7-13-3-1-2-6-17-13/h1-6,9,11,20H,7-8,10H2,(H,19,21). The first kappa shape index (κ1) is 15.4. The number of nitrogens with one attached hydrogen (secondary N) is 1. The molecular weight excluding hydrogens is 290 g/mol. The summed E-state index contributed by atoms with van der Waals surface area (Å²) in [7, 11) is 0. The van der Waals surface area contributed by atoms with Gasteiger partial charge in [-0.1, -0.05) is 17.7 Å². The van der Waals surface area contributed by atoms with Gasteiger partial charge in [-0.2, -0.15) is 0 Å². The zero-order chi connectivity index (χ0) is 15.1. The molecule has 0 saturated carbocycles. The zero-order valence-corrected chi connectivity index (χ0v) is 12.1. The lowest BCUT2D eigenvalue weighted by Crippen LogP contribution is -2.32. The summed E-state index contributed by atoms with van der Waals surface area (Å²) in [6.07, 6.45) is 3.74. The molecule has 0 radical (unpaired) electrons. The first-order valence-electron chi connectivity index (χ1n) is 6.59. The van der Waals surface area contributed by atoms with Crippen LogP contribution in [-0.2, 0) is 6.42 Å². The maximum absolute atomic E-state index is 11.9. The zero-order valence-electron chi connectivity index (χ0n) is 11.4. The van der Waals surface area contributed by atoms with E-state index in [2.05, 4.69) is 15.3 Å². The third-order valence-corrected chi connectivity index (χ3v) is 3.22. The third kappa shape index (κ3) is 4.81. The molecule has 21 heavy (non-hydrogen) atoms. The van der Waals surface area contributed by atoms with Crippen LogP contribution < -0.4 is 5.32 Å². The minimum absolute atomic E-state index is 0.0229. The van der Waals surface area contributed by atoms with Gasteiger partial charge in [0.1, 0.15) is 5.69 Å². The molecule has 2 aromatic rings. The van der Waals surface area contributed by atoms with Crippen LogP contribution in [0, 0.1) is 5.92 Å². The van der Waals surface area contributed by atoms with Gasteiger partial charge < -0.3 is 10.4 Å². The van der Waals surface area contributed by atoms with Crippen molar-refractivity contribution < 1.29 is 9.90 Å². The fourth-order valence-corrected chi connectivity index (χ4v) is 1.97. The molecule has 6 heteroatoms. The quantitative estimate of drug-likeness (QED) is 0.852. The van der Waals surface area contributed by atoms with Crippen molar-refractivity contribution in [3.63, 3.8) is 0 Å². The number of aliphatic hydroxyl groups excluding tert-OH is 1. The molecular formula is C15H16ClN3O2. The highest BCUT2D eigenvalue weighted by Gasteiger charge is 2.13. The fourth-order valence-electron chi connectivity index (χ4n) is 1.85. The number of halogens is 1. The van der Waals surface area contributed by atoms with Crippen LogP contribution in [0.1, 0.15) is 16.2 Å². The molecule has 0 bridgehead atoms. The second-order valence-corrected chi connectivity index (χ2v) is 5.08. The number of nitrogens with zero attached hydrogens (tertiary/aromatic N) is 2. The van der Waals surface area contributed by atoms with E-state index in [1.165, 1.54) is 6.20 Å². The predicted octanol–water partition coefficient (Wildman–Crippen LogP) is 1.71. The van der Waals surface area contributed by atoms with Crippen molar-refractivity contribution in [2.24, 2.45) is 5.92 Å². The van der Waals surface area contributed by atoms with Crippen LogP contribution >= 0.6 is 11.6 Å². The molecule has 1 amide bonds. The van der Waals surface area contributed by atoms with Crippen LogP contribution in [0.25, 0.3) is 0 Å². The Labute approximate surface area is 128 Å². The number of rotatable bonds is 6. The van der Waals surface area contributed by atoms with Crippen LogP contribution in [0.5, 0.6) is 0 Å². The minimum atomic E-state index is -0.286. The van der Waals surface area contributed by atoms with Crippen molar-refractivity contribution in [1.29, 1.82) is 0 Å². The second kappa shape index (κ2) is 7.71. The molecule has 1 unspecified atom stereocenters. The summed E-state index contributed by atoms with van der Waals surface area (Å²) >= 11 is 5.72. The molecule has 2 aromatic heterocycles. The normalized spacial score (nSPS) is 11.9. The van der Waals surface area contributed by atoms with E-state index in [0.717, 1.165) is 5.69 Å². The van der Waals surface area contributed by atoms with Crippen molar-refractivity contribution in [3.05, 3.63) is 59.1 Å². The second-order valence-electron chi connectivity index (χ2n) is 4.65. The summed E-state index contributed by atoms with van der Waals surface area (Å²) in [6.45, 7) is 0.334. The van der Waals surface area contributed by atoms with E-state index < -0.39 is 0 Å².